The van der Waals surface area contributed by atoms with Gasteiger partial charge in [-0.3, -0.25) is 10.3 Å². The Bertz CT molecular complexity index is 333. The lowest BCUT2D eigenvalue weighted by Gasteiger charge is -2.21. The molecule has 1 aromatic rings. The Morgan fingerprint density at radius 1 is 1.33 bits per heavy atom. The summed E-state index contributed by atoms with van der Waals surface area (Å²) in [6.45, 7) is 0.469. The van der Waals surface area contributed by atoms with Crippen molar-refractivity contribution >= 4 is 11.8 Å². The molecule has 0 atom stereocenters. The fourth-order valence-electron chi connectivity index (χ4n) is 1.31. The van der Waals surface area contributed by atoms with E-state index < -0.39 is 0 Å². The minimum Gasteiger partial charge on any atom is -0.507 e. The first-order chi connectivity index (χ1) is 5.79. The minimum atomic E-state index is 0.197. The number of hydrogen-bond acceptors (Lipinski definition) is 3. The summed E-state index contributed by atoms with van der Waals surface area (Å²) in [4.78, 5) is 0. The van der Waals surface area contributed by atoms with Crippen LogP contribution in [0.4, 0.5) is 5.69 Å². The summed E-state index contributed by atoms with van der Waals surface area (Å²) in [7, 11) is 0. The molecule has 1 aliphatic heterocycles. The Balaban J connectivity index is 2.61. The van der Waals surface area contributed by atoms with Crippen LogP contribution in [-0.4, -0.2) is 16.9 Å². The summed E-state index contributed by atoms with van der Waals surface area (Å²) in [5.41, 5.74) is 1.32. The van der Waals surface area contributed by atoms with Gasteiger partial charge in [-0.15, -0.1) is 0 Å². The second-order valence-electron chi connectivity index (χ2n) is 2.69. The van der Waals surface area contributed by atoms with Gasteiger partial charge >= 0.3 is 0 Å². The zero-order valence-corrected chi connectivity index (χ0v) is 6.44. The fraction of sp³-hybridized carbons (Fsp3) is 0.111. The largest absolute Gasteiger partial charge is 0.507 e. The monoisotopic (exact) mass is 163 g/mol. The van der Waals surface area contributed by atoms with Gasteiger partial charge in [0.2, 0.25) is 0 Å². The van der Waals surface area contributed by atoms with Crippen molar-refractivity contribution in [2.24, 2.45) is 0 Å². The molecule has 0 unspecified atom stereocenters. The number of fused-ring (bicyclic) bond motifs is 1. The van der Waals surface area contributed by atoms with Crippen molar-refractivity contribution in [3.05, 3.63) is 29.8 Å². The van der Waals surface area contributed by atoms with E-state index in [4.69, 9.17) is 0 Å². The van der Waals surface area contributed by atoms with Gasteiger partial charge in [0.25, 0.3) is 0 Å². The number of anilines is 1. The van der Waals surface area contributed by atoms with Crippen molar-refractivity contribution in [3.63, 3.8) is 0 Å². The lowest BCUT2D eigenvalue weighted by atomic mass is 10.1. The average molecular weight is 163 g/mol. The van der Waals surface area contributed by atoms with Gasteiger partial charge < -0.3 is 5.11 Å². The Hall–Kier alpha value is -1.48. The SMILES string of the molecule is Oc1cccc2c1C=CCN2O. The normalized spacial score (nSPS) is 14.6. The van der Waals surface area contributed by atoms with Crippen LogP contribution in [0.1, 0.15) is 5.56 Å². The molecular formula is C9H9NO2. The van der Waals surface area contributed by atoms with Crippen LogP contribution in [0.25, 0.3) is 6.08 Å². The van der Waals surface area contributed by atoms with Crippen LogP contribution in [0.5, 0.6) is 5.75 Å². The van der Waals surface area contributed by atoms with Gasteiger partial charge in [0.1, 0.15) is 5.75 Å². The molecule has 1 heterocycles. The molecule has 0 amide bonds. The van der Waals surface area contributed by atoms with E-state index in [0.29, 0.717) is 17.8 Å². The second kappa shape index (κ2) is 2.53. The second-order valence-corrected chi connectivity index (χ2v) is 2.69. The van der Waals surface area contributed by atoms with E-state index in [2.05, 4.69) is 0 Å². The smallest absolute Gasteiger partial charge is 0.124 e. The minimum absolute atomic E-state index is 0.197. The van der Waals surface area contributed by atoms with Crippen molar-refractivity contribution in [1.82, 2.24) is 0 Å². The molecule has 0 aromatic heterocycles. The Kier molecular flexibility index (Phi) is 1.52. The first-order valence-corrected chi connectivity index (χ1v) is 3.74. The van der Waals surface area contributed by atoms with Crippen LogP contribution in [0, 0.1) is 0 Å². The van der Waals surface area contributed by atoms with Crippen molar-refractivity contribution < 1.29 is 10.3 Å². The molecule has 12 heavy (non-hydrogen) atoms. The van der Waals surface area contributed by atoms with Crippen LogP contribution in [-0.2, 0) is 0 Å². The van der Waals surface area contributed by atoms with E-state index in [1.807, 2.05) is 0 Å². The summed E-state index contributed by atoms with van der Waals surface area (Å²) >= 11 is 0. The molecule has 1 aliphatic rings. The zero-order valence-electron chi connectivity index (χ0n) is 6.44. The molecule has 62 valence electrons. The predicted molar refractivity (Wildman–Crippen MR) is 46.3 cm³/mol. The van der Waals surface area contributed by atoms with Gasteiger partial charge in [0.05, 0.1) is 12.2 Å². The molecule has 3 nitrogen and oxygen atoms in total. The number of hydrogen-bond donors (Lipinski definition) is 2. The highest BCUT2D eigenvalue weighted by molar-refractivity contribution is 5.74. The number of rotatable bonds is 0. The summed E-state index contributed by atoms with van der Waals surface area (Å²) in [6.07, 6.45) is 3.60. The van der Waals surface area contributed by atoms with Crippen LogP contribution in [0.15, 0.2) is 24.3 Å². The maximum atomic E-state index is 9.39. The molecule has 2 N–H and O–H groups in total. The summed E-state index contributed by atoms with van der Waals surface area (Å²) in [5.74, 6) is 0.197. The third kappa shape index (κ3) is 0.950. The molecule has 0 spiro atoms. The molecule has 2 rings (SSSR count). The summed E-state index contributed by atoms with van der Waals surface area (Å²) < 4.78 is 0. The molecule has 0 aliphatic carbocycles. The number of aromatic hydroxyl groups is 1. The predicted octanol–water partition coefficient (Wildman–Crippen LogP) is 1.61. The molecule has 0 saturated carbocycles. The van der Waals surface area contributed by atoms with Crippen LogP contribution in [0.3, 0.4) is 0 Å². The number of phenolic OH excluding ortho intramolecular Hbond substituents is 1. The number of nitrogens with zero attached hydrogens (tertiary/aromatic N) is 1. The Morgan fingerprint density at radius 2 is 2.17 bits per heavy atom. The summed E-state index contributed by atoms with van der Waals surface area (Å²) in [5, 5.41) is 19.8. The van der Waals surface area contributed by atoms with Gasteiger partial charge in [-0.05, 0) is 12.1 Å². The number of benzene rings is 1. The van der Waals surface area contributed by atoms with Gasteiger partial charge in [0, 0.05) is 5.56 Å². The summed E-state index contributed by atoms with van der Waals surface area (Å²) in [6, 6.07) is 5.07. The first-order valence-electron chi connectivity index (χ1n) is 3.74. The fourth-order valence-corrected chi connectivity index (χ4v) is 1.31. The maximum absolute atomic E-state index is 9.39. The Labute approximate surface area is 70.1 Å². The van der Waals surface area contributed by atoms with E-state index in [0.717, 1.165) is 5.06 Å². The molecule has 3 heteroatoms. The molecule has 0 radical (unpaired) electrons. The van der Waals surface area contributed by atoms with E-state index >= 15 is 0 Å². The van der Waals surface area contributed by atoms with Crippen LogP contribution >= 0.6 is 0 Å². The topological polar surface area (TPSA) is 43.7 Å². The first kappa shape index (κ1) is 7.18. The maximum Gasteiger partial charge on any atom is 0.124 e. The van der Waals surface area contributed by atoms with Gasteiger partial charge in [-0.2, -0.15) is 0 Å². The number of phenols is 1. The zero-order chi connectivity index (χ0) is 8.55. The quantitative estimate of drug-likeness (QED) is 0.610. The Morgan fingerprint density at radius 3 is 2.92 bits per heavy atom. The van der Waals surface area contributed by atoms with Crippen molar-refractivity contribution in [1.29, 1.82) is 0 Å². The van der Waals surface area contributed by atoms with Gasteiger partial charge in [-0.1, -0.05) is 18.2 Å². The standard InChI is InChI=1S/C9H9NO2/c11-9-5-1-4-8-7(9)3-2-6-10(8)12/h1-5,11-12H,6H2. The third-order valence-corrected chi connectivity index (χ3v) is 1.90. The molecule has 0 saturated heterocycles. The van der Waals surface area contributed by atoms with Gasteiger partial charge in [-0.25, -0.2) is 0 Å². The molecule has 0 bridgehead atoms. The highest BCUT2D eigenvalue weighted by atomic mass is 16.5. The van der Waals surface area contributed by atoms with Crippen molar-refractivity contribution in [2.75, 3.05) is 11.6 Å². The molecule has 0 fully saturated rings. The lowest BCUT2D eigenvalue weighted by molar-refractivity contribution is 0.264. The lowest BCUT2D eigenvalue weighted by Crippen LogP contribution is -2.20. The molecule has 1 aromatic carbocycles. The average Bonchev–Trinajstić information content (AvgIpc) is 2.07. The van der Waals surface area contributed by atoms with Crippen LogP contribution < -0.4 is 5.06 Å². The van der Waals surface area contributed by atoms with Crippen molar-refractivity contribution in [3.8, 4) is 5.75 Å². The van der Waals surface area contributed by atoms with Gasteiger partial charge in [0.15, 0.2) is 0 Å². The van der Waals surface area contributed by atoms with E-state index in [1.54, 1.807) is 30.4 Å². The van der Waals surface area contributed by atoms with E-state index in [9.17, 15) is 10.3 Å². The highest BCUT2D eigenvalue weighted by Crippen LogP contribution is 2.31. The van der Waals surface area contributed by atoms with Crippen LogP contribution in [0.2, 0.25) is 0 Å². The molecular weight excluding hydrogens is 154 g/mol. The highest BCUT2D eigenvalue weighted by Gasteiger charge is 2.12. The van der Waals surface area contributed by atoms with E-state index in [1.165, 1.54) is 0 Å². The third-order valence-electron chi connectivity index (χ3n) is 1.90. The van der Waals surface area contributed by atoms with E-state index in [-0.39, 0.29) is 5.75 Å². The van der Waals surface area contributed by atoms with Crippen molar-refractivity contribution in [2.45, 2.75) is 0 Å². The number of hydroxylamine groups is 1.